The fourth-order valence-electron chi connectivity index (χ4n) is 1.65. The maximum absolute atomic E-state index is 6.12. The number of hydrogen-bond donors (Lipinski definition) is 1. The lowest BCUT2D eigenvalue weighted by Gasteiger charge is -2.11. The zero-order valence-corrected chi connectivity index (χ0v) is 10.9. The van der Waals surface area contributed by atoms with E-state index in [9.17, 15) is 0 Å². The number of thiazole rings is 1. The summed E-state index contributed by atoms with van der Waals surface area (Å²) in [5.41, 5.74) is 7.92. The normalized spacial score (nSPS) is 13.2. The summed E-state index contributed by atoms with van der Waals surface area (Å²) in [4.78, 5) is 9.40. The van der Waals surface area contributed by atoms with E-state index in [1.807, 2.05) is 10.9 Å². The van der Waals surface area contributed by atoms with E-state index in [1.54, 1.807) is 23.2 Å². The van der Waals surface area contributed by atoms with Crippen molar-refractivity contribution in [3.63, 3.8) is 0 Å². The lowest BCUT2D eigenvalue weighted by Crippen LogP contribution is -2.17. The van der Waals surface area contributed by atoms with E-state index in [4.69, 9.17) is 5.73 Å². The Kier molecular flexibility index (Phi) is 3.86. The van der Waals surface area contributed by atoms with Gasteiger partial charge in [-0.1, -0.05) is 13.8 Å². The third kappa shape index (κ3) is 3.10. The second kappa shape index (κ2) is 5.37. The molecule has 2 rings (SSSR count). The molecule has 6 heteroatoms. The van der Waals surface area contributed by atoms with Gasteiger partial charge in [0, 0.05) is 30.1 Å². The van der Waals surface area contributed by atoms with Crippen LogP contribution in [-0.4, -0.2) is 19.7 Å². The molecule has 1 atom stereocenters. The molecular formula is C11H17N5S. The van der Waals surface area contributed by atoms with E-state index >= 15 is 0 Å². The number of nitrogens with zero attached hydrogens (tertiary/aromatic N) is 4. The molecule has 0 radical (unpaired) electrons. The molecule has 0 saturated heterocycles. The van der Waals surface area contributed by atoms with E-state index in [2.05, 4.69) is 28.9 Å². The summed E-state index contributed by atoms with van der Waals surface area (Å²) < 4.78 is 1.94. The Morgan fingerprint density at radius 3 is 2.94 bits per heavy atom. The van der Waals surface area contributed by atoms with Crippen molar-refractivity contribution in [3.8, 4) is 0 Å². The van der Waals surface area contributed by atoms with Crippen LogP contribution in [0.25, 0.3) is 0 Å². The molecule has 2 aromatic heterocycles. The first-order valence-electron chi connectivity index (χ1n) is 5.67. The van der Waals surface area contributed by atoms with Crippen molar-refractivity contribution in [1.82, 2.24) is 19.7 Å². The van der Waals surface area contributed by atoms with Crippen LogP contribution < -0.4 is 5.73 Å². The monoisotopic (exact) mass is 251 g/mol. The first-order chi connectivity index (χ1) is 8.16. The first kappa shape index (κ1) is 12.2. The minimum atomic E-state index is -0.0439. The zero-order valence-electron chi connectivity index (χ0n) is 10.1. The second-order valence-electron chi connectivity index (χ2n) is 4.47. The predicted molar refractivity (Wildman–Crippen MR) is 67.6 cm³/mol. The minimum Gasteiger partial charge on any atom is -0.323 e. The van der Waals surface area contributed by atoms with Gasteiger partial charge in [0.1, 0.15) is 12.2 Å². The minimum absolute atomic E-state index is 0.0439. The van der Waals surface area contributed by atoms with Crippen molar-refractivity contribution in [1.29, 1.82) is 0 Å². The SMILES string of the molecule is CC(C)Cn1ncnc1CC(N)c1cncs1. The van der Waals surface area contributed by atoms with E-state index < -0.39 is 0 Å². The summed E-state index contributed by atoms with van der Waals surface area (Å²) in [6, 6.07) is -0.0439. The summed E-state index contributed by atoms with van der Waals surface area (Å²) in [5.74, 6) is 1.50. The van der Waals surface area contributed by atoms with Crippen LogP contribution in [0.15, 0.2) is 18.0 Å². The molecule has 0 fully saturated rings. The van der Waals surface area contributed by atoms with Crippen molar-refractivity contribution in [2.75, 3.05) is 0 Å². The van der Waals surface area contributed by atoms with Gasteiger partial charge in [0.2, 0.25) is 0 Å². The highest BCUT2D eigenvalue weighted by Crippen LogP contribution is 2.18. The molecule has 0 aliphatic rings. The molecule has 2 heterocycles. The van der Waals surface area contributed by atoms with E-state index in [0.29, 0.717) is 12.3 Å². The molecule has 92 valence electrons. The van der Waals surface area contributed by atoms with Crippen molar-refractivity contribution < 1.29 is 0 Å². The van der Waals surface area contributed by atoms with Crippen molar-refractivity contribution in [2.24, 2.45) is 11.7 Å². The Bertz CT molecular complexity index is 448. The Hall–Kier alpha value is -1.27. The number of hydrogen-bond acceptors (Lipinski definition) is 5. The van der Waals surface area contributed by atoms with Gasteiger partial charge in [-0.25, -0.2) is 9.67 Å². The molecule has 2 aromatic rings. The van der Waals surface area contributed by atoms with Crippen LogP contribution in [0.4, 0.5) is 0 Å². The van der Waals surface area contributed by atoms with Gasteiger partial charge in [0.05, 0.1) is 5.51 Å². The summed E-state index contributed by atoms with van der Waals surface area (Å²) in [7, 11) is 0. The largest absolute Gasteiger partial charge is 0.323 e. The average molecular weight is 251 g/mol. The maximum Gasteiger partial charge on any atom is 0.138 e. The predicted octanol–water partition coefficient (Wildman–Crippen LogP) is 1.63. The molecular weight excluding hydrogens is 234 g/mol. The van der Waals surface area contributed by atoms with Gasteiger partial charge in [-0.05, 0) is 5.92 Å². The van der Waals surface area contributed by atoms with Gasteiger partial charge >= 0.3 is 0 Å². The molecule has 0 saturated carbocycles. The van der Waals surface area contributed by atoms with Crippen LogP contribution in [0.5, 0.6) is 0 Å². The highest BCUT2D eigenvalue weighted by Gasteiger charge is 2.13. The third-order valence-corrected chi connectivity index (χ3v) is 3.36. The fourth-order valence-corrected chi connectivity index (χ4v) is 2.27. The molecule has 17 heavy (non-hydrogen) atoms. The van der Waals surface area contributed by atoms with Gasteiger partial charge in [-0.15, -0.1) is 11.3 Å². The Morgan fingerprint density at radius 2 is 2.29 bits per heavy atom. The van der Waals surface area contributed by atoms with E-state index in [-0.39, 0.29) is 6.04 Å². The number of aromatic nitrogens is 4. The Balaban J connectivity index is 2.06. The molecule has 0 aliphatic carbocycles. The lowest BCUT2D eigenvalue weighted by molar-refractivity contribution is 0.460. The van der Waals surface area contributed by atoms with Gasteiger partial charge in [-0.2, -0.15) is 5.10 Å². The topological polar surface area (TPSA) is 69.6 Å². The second-order valence-corrected chi connectivity index (χ2v) is 5.38. The van der Waals surface area contributed by atoms with Crippen LogP contribution in [0.2, 0.25) is 0 Å². The first-order valence-corrected chi connectivity index (χ1v) is 6.55. The van der Waals surface area contributed by atoms with Crippen LogP contribution >= 0.6 is 11.3 Å². The molecule has 2 N–H and O–H groups in total. The smallest absolute Gasteiger partial charge is 0.138 e. The van der Waals surface area contributed by atoms with E-state index in [0.717, 1.165) is 17.2 Å². The van der Waals surface area contributed by atoms with Crippen LogP contribution in [0.3, 0.4) is 0 Å². The highest BCUT2D eigenvalue weighted by atomic mass is 32.1. The summed E-state index contributed by atoms with van der Waals surface area (Å²) >= 11 is 1.58. The fraction of sp³-hybridized carbons (Fsp3) is 0.545. The highest BCUT2D eigenvalue weighted by molar-refractivity contribution is 7.09. The van der Waals surface area contributed by atoms with Gasteiger partial charge in [-0.3, -0.25) is 4.98 Å². The van der Waals surface area contributed by atoms with Crippen LogP contribution in [0, 0.1) is 5.92 Å². The molecule has 0 amide bonds. The summed E-state index contributed by atoms with van der Waals surface area (Å²) in [6.07, 6.45) is 4.12. The summed E-state index contributed by atoms with van der Waals surface area (Å²) in [6.45, 7) is 5.20. The Morgan fingerprint density at radius 1 is 1.47 bits per heavy atom. The third-order valence-electron chi connectivity index (χ3n) is 2.45. The molecule has 0 aliphatic heterocycles. The maximum atomic E-state index is 6.12. The average Bonchev–Trinajstić information content (AvgIpc) is 2.89. The molecule has 5 nitrogen and oxygen atoms in total. The van der Waals surface area contributed by atoms with Crippen molar-refractivity contribution in [2.45, 2.75) is 32.9 Å². The van der Waals surface area contributed by atoms with Crippen molar-refractivity contribution >= 4 is 11.3 Å². The van der Waals surface area contributed by atoms with E-state index in [1.165, 1.54) is 0 Å². The number of rotatable bonds is 5. The molecule has 0 bridgehead atoms. The molecule has 0 spiro atoms. The summed E-state index contributed by atoms with van der Waals surface area (Å²) in [5, 5.41) is 4.23. The Labute approximate surface area is 105 Å². The molecule has 0 aromatic carbocycles. The zero-order chi connectivity index (χ0) is 12.3. The standard InChI is InChI=1S/C11H17N5S/c1-8(2)5-16-11(14-6-15-16)3-9(12)10-4-13-7-17-10/h4,6-9H,3,5,12H2,1-2H3. The van der Waals surface area contributed by atoms with Crippen molar-refractivity contribution in [3.05, 3.63) is 28.7 Å². The lowest BCUT2D eigenvalue weighted by atomic mass is 10.2. The van der Waals surface area contributed by atoms with Crippen LogP contribution in [-0.2, 0) is 13.0 Å². The number of nitrogens with two attached hydrogens (primary N) is 1. The van der Waals surface area contributed by atoms with Gasteiger partial charge < -0.3 is 5.73 Å². The molecule has 1 unspecified atom stereocenters. The van der Waals surface area contributed by atoms with Crippen LogP contribution in [0.1, 0.15) is 30.6 Å². The van der Waals surface area contributed by atoms with Gasteiger partial charge in [0.15, 0.2) is 0 Å². The quantitative estimate of drug-likeness (QED) is 0.877. The van der Waals surface area contributed by atoms with Gasteiger partial charge in [0.25, 0.3) is 0 Å².